The largest absolute Gasteiger partial charge is 0.416 e. The van der Waals surface area contributed by atoms with Crippen molar-refractivity contribution in [2.45, 2.75) is 6.18 Å². The van der Waals surface area contributed by atoms with Crippen LogP contribution < -0.4 is 5.73 Å². The molecule has 0 heterocycles. The van der Waals surface area contributed by atoms with E-state index in [1.54, 1.807) is 0 Å². The molecular weight excluding hydrogens is 207 g/mol. The number of alkyl halides is 3. The van der Waals surface area contributed by atoms with Gasteiger partial charge in [0.1, 0.15) is 6.29 Å². The van der Waals surface area contributed by atoms with E-state index in [0.717, 1.165) is 24.3 Å². The first-order chi connectivity index (χ1) is 6.95. The summed E-state index contributed by atoms with van der Waals surface area (Å²) in [5.74, 6) is 0. The van der Waals surface area contributed by atoms with Gasteiger partial charge in [0, 0.05) is 5.69 Å². The number of aldehydes is 1. The average Bonchev–Trinajstić information content (AvgIpc) is 2.15. The van der Waals surface area contributed by atoms with Crippen molar-refractivity contribution in [2.75, 3.05) is 5.73 Å². The lowest BCUT2D eigenvalue weighted by Gasteiger charge is -2.08. The molecule has 0 spiro atoms. The second kappa shape index (κ2) is 4.16. The van der Waals surface area contributed by atoms with Crippen LogP contribution in [0.5, 0.6) is 0 Å². The van der Waals surface area contributed by atoms with Crippen LogP contribution in [0.2, 0.25) is 0 Å². The van der Waals surface area contributed by atoms with Crippen LogP contribution in [-0.2, 0) is 11.0 Å². The maximum Gasteiger partial charge on any atom is 0.416 e. The molecule has 0 aliphatic heterocycles. The van der Waals surface area contributed by atoms with E-state index < -0.39 is 11.7 Å². The first kappa shape index (κ1) is 11.3. The molecule has 0 atom stereocenters. The second-order valence-electron chi connectivity index (χ2n) is 2.84. The van der Waals surface area contributed by atoms with Gasteiger partial charge in [0.05, 0.1) is 5.56 Å². The monoisotopic (exact) mass is 215 g/mol. The summed E-state index contributed by atoms with van der Waals surface area (Å²) >= 11 is 0. The van der Waals surface area contributed by atoms with Crippen molar-refractivity contribution in [2.24, 2.45) is 0 Å². The lowest BCUT2D eigenvalue weighted by atomic mass is 10.1. The standard InChI is InChI=1S/C10H8F3NO/c11-10(12,13)8-3-4-9(14)7(6-8)2-1-5-15/h1-6H,14H2. The molecule has 1 aromatic carbocycles. The number of anilines is 1. The minimum atomic E-state index is -4.41. The molecular formula is C10H8F3NO. The quantitative estimate of drug-likeness (QED) is 0.468. The summed E-state index contributed by atoms with van der Waals surface area (Å²) in [6.07, 6.45) is -1.61. The Morgan fingerprint density at radius 3 is 2.47 bits per heavy atom. The van der Waals surface area contributed by atoms with Gasteiger partial charge >= 0.3 is 6.18 Å². The number of nitrogens with two attached hydrogens (primary N) is 1. The second-order valence-corrected chi connectivity index (χ2v) is 2.84. The smallest absolute Gasteiger partial charge is 0.398 e. The molecule has 0 aliphatic rings. The zero-order chi connectivity index (χ0) is 11.5. The van der Waals surface area contributed by atoms with Gasteiger partial charge in [-0.3, -0.25) is 4.79 Å². The summed E-state index contributed by atoms with van der Waals surface area (Å²) in [7, 11) is 0. The Hall–Kier alpha value is -1.78. The highest BCUT2D eigenvalue weighted by molar-refractivity contribution is 5.77. The van der Waals surface area contributed by atoms with Crippen LogP contribution in [0.3, 0.4) is 0 Å². The lowest BCUT2D eigenvalue weighted by molar-refractivity contribution is -0.137. The van der Waals surface area contributed by atoms with Gasteiger partial charge < -0.3 is 5.73 Å². The Kier molecular flexibility index (Phi) is 3.14. The third-order valence-corrected chi connectivity index (χ3v) is 1.77. The third kappa shape index (κ3) is 2.83. The van der Waals surface area contributed by atoms with Crippen molar-refractivity contribution >= 4 is 18.0 Å². The van der Waals surface area contributed by atoms with Gasteiger partial charge in [0.15, 0.2) is 0 Å². The molecule has 0 saturated carbocycles. The van der Waals surface area contributed by atoms with E-state index in [1.165, 1.54) is 6.08 Å². The average molecular weight is 215 g/mol. The SMILES string of the molecule is Nc1ccc(C(F)(F)F)cc1C=CC=O. The fourth-order valence-corrected chi connectivity index (χ4v) is 1.04. The molecule has 2 N–H and O–H groups in total. The molecule has 0 amide bonds. The Balaban J connectivity index is 3.16. The van der Waals surface area contributed by atoms with Crippen molar-refractivity contribution in [3.63, 3.8) is 0 Å². The topological polar surface area (TPSA) is 43.1 Å². The predicted molar refractivity (Wildman–Crippen MR) is 51.0 cm³/mol. The van der Waals surface area contributed by atoms with E-state index in [1.807, 2.05) is 0 Å². The van der Waals surface area contributed by atoms with Crippen molar-refractivity contribution < 1.29 is 18.0 Å². The van der Waals surface area contributed by atoms with E-state index in [4.69, 9.17) is 5.73 Å². The first-order valence-electron chi connectivity index (χ1n) is 4.03. The van der Waals surface area contributed by atoms with Crippen LogP contribution in [0.4, 0.5) is 18.9 Å². The molecule has 0 saturated heterocycles. The number of allylic oxidation sites excluding steroid dienone is 1. The molecule has 0 aliphatic carbocycles. The Bertz CT molecular complexity index is 396. The van der Waals surface area contributed by atoms with Crippen LogP contribution in [0.25, 0.3) is 6.08 Å². The molecule has 80 valence electrons. The molecule has 0 radical (unpaired) electrons. The van der Waals surface area contributed by atoms with Gasteiger partial charge in [-0.2, -0.15) is 13.2 Å². The van der Waals surface area contributed by atoms with Gasteiger partial charge in [0.2, 0.25) is 0 Å². The van der Waals surface area contributed by atoms with Crippen molar-refractivity contribution in [1.82, 2.24) is 0 Å². The summed E-state index contributed by atoms with van der Waals surface area (Å²) < 4.78 is 36.9. The summed E-state index contributed by atoms with van der Waals surface area (Å²) in [4.78, 5) is 10.0. The van der Waals surface area contributed by atoms with Gasteiger partial charge in [0.25, 0.3) is 0 Å². The van der Waals surface area contributed by atoms with E-state index in [0.29, 0.717) is 6.29 Å². The highest BCUT2D eigenvalue weighted by atomic mass is 19.4. The van der Waals surface area contributed by atoms with E-state index in [-0.39, 0.29) is 11.3 Å². The zero-order valence-corrected chi connectivity index (χ0v) is 7.58. The summed E-state index contributed by atoms with van der Waals surface area (Å²) in [5.41, 5.74) is 5.02. The minimum absolute atomic E-state index is 0.178. The van der Waals surface area contributed by atoms with Crippen LogP contribution in [0.15, 0.2) is 24.3 Å². The third-order valence-electron chi connectivity index (χ3n) is 1.77. The van der Waals surface area contributed by atoms with Gasteiger partial charge in [-0.1, -0.05) is 0 Å². The number of nitrogen functional groups attached to an aromatic ring is 1. The van der Waals surface area contributed by atoms with Crippen molar-refractivity contribution in [3.8, 4) is 0 Å². The number of hydrogen-bond acceptors (Lipinski definition) is 2. The molecule has 0 bridgehead atoms. The van der Waals surface area contributed by atoms with Gasteiger partial charge in [-0.25, -0.2) is 0 Å². The predicted octanol–water partition coefficient (Wildman–Crippen LogP) is 2.50. The lowest BCUT2D eigenvalue weighted by Crippen LogP contribution is -2.05. The first-order valence-corrected chi connectivity index (χ1v) is 4.03. The highest BCUT2D eigenvalue weighted by Crippen LogP contribution is 2.31. The number of benzene rings is 1. The Morgan fingerprint density at radius 2 is 1.93 bits per heavy atom. The fraction of sp³-hybridized carbons (Fsp3) is 0.100. The van der Waals surface area contributed by atoms with Gasteiger partial charge in [-0.05, 0) is 35.9 Å². The summed E-state index contributed by atoms with van der Waals surface area (Å²) in [5, 5.41) is 0. The molecule has 1 aromatic rings. The molecule has 15 heavy (non-hydrogen) atoms. The molecule has 0 unspecified atom stereocenters. The highest BCUT2D eigenvalue weighted by Gasteiger charge is 2.30. The number of carbonyl (C=O) groups excluding carboxylic acids is 1. The maximum atomic E-state index is 12.3. The van der Waals surface area contributed by atoms with Crippen LogP contribution >= 0.6 is 0 Å². The molecule has 2 nitrogen and oxygen atoms in total. The van der Waals surface area contributed by atoms with E-state index in [2.05, 4.69) is 0 Å². The normalized spacial score (nSPS) is 11.9. The van der Waals surface area contributed by atoms with E-state index in [9.17, 15) is 18.0 Å². The Morgan fingerprint density at radius 1 is 1.27 bits per heavy atom. The van der Waals surface area contributed by atoms with Gasteiger partial charge in [-0.15, -0.1) is 0 Å². The molecule has 5 heteroatoms. The van der Waals surface area contributed by atoms with Crippen LogP contribution in [0.1, 0.15) is 11.1 Å². The van der Waals surface area contributed by atoms with Crippen LogP contribution in [-0.4, -0.2) is 6.29 Å². The number of halogens is 3. The van der Waals surface area contributed by atoms with Crippen molar-refractivity contribution in [1.29, 1.82) is 0 Å². The van der Waals surface area contributed by atoms with Crippen LogP contribution in [0, 0.1) is 0 Å². The maximum absolute atomic E-state index is 12.3. The number of carbonyl (C=O) groups is 1. The number of hydrogen-bond donors (Lipinski definition) is 1. The zero-order valence-electron chi connectivity index (χ0n) is 7.58. The molecule has 1 rings (SSSR count). The van der Waals surface area contributed by atoms with E-state index >= 15 is 0 Å². The minimum Gasteiger partial charge on any atom is -0.398 e. The molecule has 0 fully saturated rings. The summed E-state index contributed by atoms with van der Waals surface area (Å²) in [6.45, 7) is 0. The fourth-order valence-electron chi connectivity index (χ4n) is 1.04. The molecule has 0 aromatic heterocycles. The Labute approximate surface area is 84.2 Å². The van der Waals surface area contributed by atoms with Crippen molar-refractivity contribution in [3.05, 3.63) is 35.4 Å². The number of rotatable bonds is 2. The summed E-state index contributed by atoms with van der Waals surface area (Å²) in [6, 6.07) is 2.95.